The molecule has 0 spiro atoms. The zero-order chi connectivity index (χ0) is 21.3. The van der Waals surface area contributed by atoms with Gasteiger partial charge >= 0.3 is 0 Å². The summed E-state index contributed by atoms with van der Waals surface area (Å²) in [6, 6.07) is 26.5. The molecule has 5 nitrogen and oxygen atoms in total. The predicted molar refractivity (Wildman–Crippen MR) is 122 cm³/mol. The minimum absolute atomic E-state index is 0.110. The number of nitrogens with zero attached hydrogens (tertiary/aromatic N) is 1. The topological polar surface area (TPSA) is 61.4 Å². The first kappa shape index (κ1) is 21.1. The number of carbonyl (C=O) groups excluding carboxylic acids is 2. The summed E-state index contributed by atoms with van der Waals surface area (Å²) in [6.07, 6.45) is 0. The first-order valence-electron chi connectivity index (χ1n) is 10.1. The second kappa shape index (κ2) is 10.3. The van der Waals surface area contributed by atoms with Crippen LogP contribution in [-0.4, -0.2) is 24.9 Å². The molecule has 0 saturated heterocycles. The van der Waals surface area contributed by atoms with Gasteiger partial charge in [0.25, 0.3) is 5.91 Å². The number of anilines is 2. The SMILES string of the molecule is CCN(CC(=O)Nc1cccc(C(=O)NC(C)c2ccccc2)c1)c1ccccc1. The lowest BCUT2D eigenvalue weighted by atomic mass is 10.1. The van der Waals surface area contributed by atoms with Crippen molar-refractivity contribution in [1.29, 1.82) is 0 Å². The van der Waals surface area contributed by atoms with Crippen LogP contribution < -0.4 is 15.5 Å². The molecule has 154 valence electrons. The Morgan fingerprint density at radius 1 is 0.900 bits per heavy atom. The van der Waals surface area contributed by atoms with E-state index in [0.29, 0.717) is 11.3 Å². The van der Waals surface area contributed by atoms with E-state index in [1.54, 1.807) is 24.3 Å². The van der Waals surface area contributed by atoms with Crippen LogP contribution >= 0.6 is 0 Å². The van der Waals surface area contributed by atoms with Gasteiger partial charge in [0.1, 0.15) is 0 Å². The molecule has 3 aromatic rings. The zero-order valence-corrected chi connectivity index (χ0v) is 17.3. The van der Waals surface area contributed by atoms with Gasteiger partial charge in [-0.3, -0.25) is 9.59 Å². The van der Waals surface area contributed by atoms with E-state index in [1.165, 1.54) is 0 Å². The zero-order valence-electron chi connectivity index (χ0n) is 17.3. The Kier molecular flexibility index (Phi) is 7.22. The minimum Gasteiger partial charge on any atom is -0.362 e. The Labute approximate surface area is 177 Å². The lowest BCUT2D eigenvalue weighted by Gasteiger charge is -2.22. The lowest BCUT2D eigenvalue weighted by Crippen LogP contribution is -2.33. The Hall–Kier alpha value is -3.60. The van der Waals surface area contributed by atoms with Gasteiger partial charge in [-0.2, -0.15) is 0 Å². The summed E-state index contributed by atoms with van der Waals surface area (Å²) in [7, 11) is 0. The first-order valence-corrected chi connectivity index (χ1v) is 10.1. The van der Waals surface area contributed by atoms with Gasteiger partial charge in [0.05, 0.1) is 12.6 Å². The maximum absolute atomic E-state index is 12.6. The standard InChI is InChI=1S/C25H27N3O2/c1-3-28(23-15-8-5-9-16-23)18-24(29)27-22-14-10-13-21(17-22)25(30)26-19(2)20-11-6-4-7-12-20/h4-17,19H,3,18H2,1-2H3,(H,26,30)(H,27,29). The summed E-state index contributed by atoms with van der Waals surface area (Å²) in [5.74, 6) is -0.308. The van der Waals surface area contributed by atoms with E-state index in [1.807, 2.05) is 79.4 Å². The summed E-state index contributed by atoms with van der Waals surface area (Å²) < 4.78 is 0. The predicted octanol–water partition coefficient (Wildman–Crippen LogP) is 4.64. The molecule has 30 heavy (non-hydrogen) atoms. The molecule has 0 aliphatic carbocycles. The van der Waals surface area contributed by atoms with E-state index in [9.17, 15) is 9.59 Å². The van der Waals surface area contributed by atoms with Crippen molar-refractivity contribution in [1.82, 2.24) is 5.32 Å². The second-order valence-electron chi connectivity index (χ2n) is 7.08. The van der Waals surface area contributed by atoms with Gasteiger partial charge in [-0.1, -0.05) is 54.6 Å². The molecule has 1 unspecified atom stereocenters. The molecule has 0 radical (unpaired) electrons. The van der Waals surface area contributed by atoms with Crippen LogP contribution in [0.4, 0.5) is 11.4 Å². The highest BCUT2D eigenvalue weighted by molar-refractivity contribution is 5.98. The fraction of sp³-hybridized carbons (Fsp3) is 0.200. The summed E-state index contributed by atoms with van der Waals surface area (Å²) in [5.41, 5.74) is 3.14. The third-order valence-corrected chi connectivity index (χ3v) is 4.89. The molecule has 3 aromatic carbocycles. The molecule has 2 N–H and O–H groups in total. The summed E-state index contributed by atoms with van der Waals surface area (Å²) >= 11 is 0. The van der Waals surface area contributed by atoms with Crippen LogP contribution in [0.15, 0.2) is 84.9 Å². The fourth-order valence-electron chi connectivity index (χ4n) is 3.24. The van der Waals surface area contributed by atoms with Crippen molar-refractivity contribution in [2.24, 2.45) is 0 Å². The van der Waals surface area contributed by atoms with Gasteiger partial charge in [-0.15, -0.1) is 0 Å². The third kappa shape index (κ3) is 5.70. The molecule has 3 rings (SSSR count). The molecule has 0 aromatic heterocycles. The van der Waals surface area contributed by atoms with E-state index in [4.69, 9.17) is 0 Å². The quantitative estimate of drug-likeness (QED) is 0.578. The highest BCUT2D eigenvalue weighted by Crippen LogP contribution is 2.16. The molecule has 2 amide bonds. The van der Waals surface area contributed by atoms with E-state index in [2.05, 4.69) is 10.6 Å². The van der Waals surface area contributed by atoms with Crippen LogP contribution in [0.3, 0.4) is 0 Å². The van der Waals surface area contributed by atoms with Crippen LogP contribution in [0.5, 0.6) is 0 Å². The molecular formula is C25H27N3O2. The van der Waals surface area contributed by atoms with E-state index in [0.717, 1.165) is 17.8 Å². The minimum atomic E-state index is -0.179. The molecule has 0 heterocycles. The van der Waals surface area contributed by atoms with Crippen molar-refractivity contribution < 1.29 is 9.59 Å². The van der Waals surface area contributed by atoms with Crippen LogP contribution in [0.25, 0.3) is 0 Å². The number of amides is 2. The number of para-hydroxylation sites is 1. The third-order valence-electron chi connectivity index (χ3n) is 4.89. The van der Waals surface area contributed by atoms with Crippen LogP contribution in [0, 0.1) is 0 Å². The van der Waals surface area contributed by atoms with Gasteiger partial charge < -0.3 is 15.5 Å². The van der Waals surface area contributed by atoms with Crippen molar-refractivity contribution in [3.8, 4) is 0 Å². The van der Waals surface area contributed by atoms with Crippen LogP contribution in [0.1, 0.15) is 35.8 Å². The fourth-order valence-corrected chi connectivity index (χ4v) is 3.24. The van der Waals surface area contributed by atoms with E-state index >= 15 is 0 Å². The monoisotopic (exact) mass is 401 g/mol. The van der Waals surface area contributed by atoms with Crippen molar-refractivity contribution in [3.05, 3.63) is 96.1 Å². The summed E-state index contributed by atoms with van der Waals surface area (Å²) in [4.78, 5) is 27.2. The van der Waals surface area contributed by atoms with Gasteiger partial charge in [0.2, 0.25) is 5.91 Å². The van der Waals surface area contributed by atoms with Gasteiger partial charge in [-0.05, 0) is 49.7 Å². The van der Waals surface area contributed by atoms with Crippen LogP contribution in [-0.2, 0) is 4.79 Å². The first-order chi connectivity index (χ1) is 14.6. The Balaban J connectivity index is 1.62. The number of likely N-dealkylation sites (N-methyl/N-ethyl adjacent to an activating group) is 1. The maximum Gasteiger partial charge on any atom is 0.251 e. The number of benzene rings is 3. The molecule has 1 atom stereocenters. The number of carbonyl (C=O) groups is 2. The van der Waals surface area contributed by atoms with E-state index in [-0.39, 0.29) is 24.4 Å². The van der Waals surface area contributed by atoms with Gasteiger partial charge in [0, 0.05) is 23.5 Å². The van der Waals surface area contributed by atoms with Crippen molar-refractivity contribution in [3.63, 3.8) is 0 Å². The average molecular weight is 402 g/mol. The molecule has 0 fully saturated rings. The van der Waals surface area contributed by atoms with Crippen molar-refractivity contribution in [2.45, 2.75) is 19.9 Å². The maximum atomic E-state index is 12.6. The number of nitrogens with one attached hydrogen (secondary N) is 2. The number of hydrogen-bond donors (Lipinski definition) is 2. The molecule has 0 saturated carbocycles. The molecule has 0 bridgehead atoms. The van der Waals surface area contributed by atoms with Crippen molar-refractivity contribution in [2.75, 3.05) is 23.3 Å². The smallest absolute Gasteiger partial charge is 0.251 e. The molecule has 5 heteroatoms. The van der Waals surface area contributed by atoms with Crippen molar-refractivity contribution >= 4 is 23.2 Å². The largest absolute Gasteiger partial charge is 0.362 e. The highest BCUT2D eigenvalue weighted by atomic mass is 16.2. The Bertz CT molecular complexity index is 974. The van der Waals surface area contributed by atoms with Gasteiger partial charge in [-0.25, -0.2) is 0 Å². The average Bonchev–Trinajstić information content (AvgIpc) is 2.78. The van der Waals surface area contributed by atoms with E-state index < -0.39 is 0 Å². The Morgan fingerprint density at radius 2 is 1.57 bits per heavy atom. The molecular weight excluding hydrogens is 374 g/mol. The molecule has 0 aliphatic rings. The normalized spacial score (nSPS) is 11.4. The highest BCUT2D eigenvalue weighted by Gasteiger charge is 2.13. The lowest BCUT2D eigenvalue weighted by molar-refractivity contribution is -0.115. The summed E-state index contributed by atoms with van der Waals surface area (Å²) in [6.45, 7) is 4.92. The van der Waals surface area contributed by atoms with Gasteiger partial charge in [0.15, 0.2) is 0 Å². The number of rotatable bonds is 8. The second-order valence-corrected chi connectivity index (χ2v) is 7.08. The molecule has 0 aliphatic heterocycles. The summed E-state index contributed by atoms with van der Waals surface area (Å²) in [5, 5.41) is 5.89. The Morgan fingerprint density at radius 3 is 2.23 bits per heavy atom. The number of hydrogen-bond acceptors (Lipinski definition) is 3. The van der Waals surface area contributed by atoms with Crippen LogP contribution in [0.2, 0.25) is 0 Å².